The van der Waals surface area contributed by atoms with Crippen LogP contribution in [0, 0.1) is 0 Å². The maximum Gasteiger partial charge on any atom is 0.119 e. The van der Waals surface area contributed by atoms with E-state index in [0.29, 0.717) is 19.8 Å². The van der Waals surface area contributed by atoms with E-state index >= 15 is 0 Å². The Labute approximate surface area is 127 Å². The van der Waals surface area contributed by atoms with Crippen LogP contribution in [-0.2, 0) is 9.47 Å². The third-order valence-electron chi connectivity index (χ3n) is 3.95. The summed E-state index contributed by atoms with van der Waals surface area (Å²) >= 11 is 0. The summed E-state index contributed by atoms with van der Waals surface area (Å²) in [5.41, 5.74) is 7.29. The topological polar surface area (TPSA) is 53.7 Å². The van der Waals surface area contributed by atoms with Gasteiger partial charge in [-0.25, -0.2) is 0 Å². The maximum atomic E-state index is 6.52. The summed E-state index contributed by atoms with van der Waals surface area (Å²) in [5.74, 6) is 0.874. The largest absolute Gasteiger partial charge is 0.491 e. The predicted molar refractivity (Wildman–Crippen MR) is 83.5 cm³/mol. The molecule has 0 radical (unpaired) electrons. The third kappa shape index (κ3) is 3.96. The van der Waals surface area contributed by atoms with Gasteiger partial charge in [0.15, 0.2) is 0 Å². The van der Waals surface area contributed by atoms with E-state index in [1.165, 1.54) is 0 Å². The Morgan fingerprint density at radius 3 is 2.33 bits per heavy atom. The van der Waals surface area contributed by atoms with E-state index in [4.69, 9.17) is 19.9 Å². The highest BCUT2D eigenvalue weighted by Gasteiger charge is 2.40. The molecule has 1 atom stereocenters. The Balaban J connectivity index is 2.14. The SMILES string of the molecule is CCOC1(C(N)c2ccc(OC(C)C)cc2)CCOCC1. The molecule has 0 saturated carbocycles. The lowest BCUT2D eigenvalue weighted by atomic mass is 9.82. The van der Waals surface area contributed by atoms with Gasteiger partial charge < -0.3 is 19.9 Å². The highest BCUT2D eigenvalue weighted by molar-refractivity contribution is 5.30. The van der Waals surface area contributed by atoms with Crippen LogP contribution in [0.3, 0.4) is 0 Å². The first-order chi connectivity index (χ1) is 10.1. The van der Waals surface area contributed by atoms with Crippen molar-refractivity contribution in [3.05, 3.63) is 29.8 Å². The van der Waals surface area contributed by atoms with Gasteiger partial charge in [0.1, 0.15) is 5.75 Å². The molecular formula is C17H27NO3. The molecule has 1 aliphatic rings. The molecule has 0 aliphatic carbocycles. The molecule has 1 fully saturated rings. The molecule has 1 aromatic carbocycles. The van der Waals surface area contributed by atoms with Gasteiger partial charge in [-0.3, -0.25) is 0 Å². The molecule has 2 N–H and O–H groups in total. The Morgan fingerprint density at radius 2 is 1.81 bits per heavy atom. The summed E-state index contributed by atoms with van der Waals surface area (Å²) in [6, 6.07) is 7.90. The molecule has 0 spiro atoms. The molecular weight excluding hydrogens is 266 g/mol. The number of hydrogen-bond donors (Lipinski definition) is 1. The van der Waals surface area contributed by atoms with Crippen LogP contribution < -0.4 is 10.5 Å². The van der Waals surface area contributed by atoms with Crippen LogP contribution in [-0.4, -0.2) is 31.5 Å². The van der Waals surface area contributed by atoms with E-state index in [1.807, 2.05) is 45.0 Å². The minimum atomic E-state index is -0.312. The van der Waals surface area contributed by atoms with E-state index in [1.54, 1.807) is 0 Å². The van der Waals surface area contributed by atoms with Gasteiger partial charge in [-0.15, -0.1) is 0 Å². The molecule has 0 aromatic heterocycles. The lowest BCUT2D eigenvalue weighted by molar-refractivity contribution is -0.121. The van der Waals surface area contributed by atoms with Gasteiger partial charge in [0.05, 0.1) is 17.7 Å². The monoisotopic (exact) mass is 293 g/mol. The molecule has 1 saturated heterocycles. The van der Waals surface area contributed by atoms with Crippen molar-refractivity contribution in [1.29, 1.82) is 0 Å². The smallest absolute Gasteiger partial charge is 0.119 e. The molecule has 2 rings (SSSR count). The van der Waals surface area contributed by atoms with Crippen LogP contribution in [0.2, 0.25) is 0 Å². The Hall–Kier alpha value is -1.10. The average Bonchev–Trinajstić information content (AvgIpc) is 2.48. The lowest BCUT2D eigenvalue weighted by Gasteiger charge is -2.41. The van der Waals surface area contributed by atoms with Crippen molar-refractivity contribution in [2.75, 3.05) is 19.8 Å². The predicted octanol–water partition coefficient (Wildman–Crippen LogP) is 3.06. The van der Waals surface area contributed by atoms with Gasteiger partial charge in [0.2, 0.25) is 0 Å². The van der Waals surface area contributed by atoms with Crippen LogP contribution in [0.15, 0.2) is 24.3 Å². The molecule has 0 amide bonds. The number of nitrogens with two attached hydrogens (primary N) is 1. The van der Waals surface area contributed by atoms with Crippen LogP contribution in [0.1, 0.15) is 45.2 Å². The first-order valence-electron chi connectivity index (χ1n) is 7.81. The van der Waals surface area contributed by atoms with Gasteiger partial charge in [0.25, 0.3) is 0 Å². The summed E-state index contributed by atoms with van der Waals surface area (Å²) in [5, 5.41) is 0. The second-order valence-electron chi connectivity index (χ2n) is 5.82. The highest BCUT2D eigenvalue weighted by atomic mass is 16.5. The van der Waals surface area contributed by atoms with Gasteiger partial charge in [-0.2, -0.15) is 0 Å². The Morgan fingerprint density at radius 1 is 1.19 bits per heavy atom. The normalized spacial score (nSPS) is 19.5. The molecule has 1 aromatic rings. The van der Waals surface area contributed by atoms with Crippen molar-refractivity contribution in [3.63, 3.8) is 0 Å². The van der Waals surface area contributed by atoms with Crippen molar-refractivity contribution in [3.8, 4) is 5.75 Å². The summed E-state index contributed by atoms with van der Waals surface area (Å²) in [7, 11) is 0. The standard InChI is InChI=1S/C17H27NO3/c1-4-20-17(9-11-19-12-10-17)16(18)14-5-7-15(8-6-14)21-13(2)3/h5-8,13,16H,4,9-12,18H2,1-3H3. The summed E-state index contributed by atoms with van der Waals surface area (Å²) < 4.78 is 17.2. The molecule has 4 heteroatoms. The summed E-state index contributed by atoms with van der Waals surface area (Å²) in [6.07, 6.45) is 1.85. The van der Waals surface area contributed by atoms with Gasteiger partial charge in [-0.1, -0.05) is 12.1 Å². The highest BCUT2D eigenvalue weighted by Crippen LogP contribution is 2.36. The minimum absolute atomic E-state index is 0.144. The van der Waals surface area contributed by atoms with Crippen molar-refractivity contribution >= 4 is 0 Å². The maximum absolute atomic E-state index is 6.52. The van der Waals surface area contributed by atoms with Gasteiger partial charge >= 0.3 is 0 Å². The molecule has 21 heavy (non-hydrogen) atoms. The molecule has 1 heterocycles. The number of rotatable bonds is 6. The average molecular weight is 293 g/mol. The molecule has 0 bridgehead atoms. The quantitative estimate of drug-likeness (QED) is 0.876. The molecule has 1 unspecified atom stereocenters. The van der Waals surface area contributed by atoms with Crippen LogP contribution in [0.5, 0.6) is 5.75 Å². The zero-order chi connectivity index (χ0) is 15.3. The first kappa shape index (κ1) is 16.3. The molecule has 1 aliphatic heterocycles. The fraction of sp³-hybridized carbons (Fsp3) is 0.647. The lowest BCUT2D eigenvalue weighted by Crippen LogP contribution is -2.48. The number of hydrogen-bond acceptors (Lipinski definition) is 4. The Kier molecular flexibility index (Phi) is 5.62. The van der Waals surface area contributed by atoms with E-state index in [0.717, 1.165) is 24.2 Å². The summed E-state index contributed by atoms with van der Waals surface area (Å²) in [4.78, 5) is 0. The van der Waals surface area contributed by atoms with Crippen LogP contribution >= 0.6 is 0 Å². The van der Waals surface area contributed by atoms with E-state index < -0.39 is 0 Å². The van der Waals surface area contributed by atoms with E-state index in [2.05, 4.69) is 0 Å². The number of benzene rings is 1. The fourth-order valence-corrected chi connectivity index (χ4v) is 2.88. The minimum Gasteiger partial charge on any atom is -0.491 e. The third-order valence-corrected chi connectivity index (χ3v) is 3.95. The van der Waals surface area contributed by atoms with E-state index in [9.17, 15) is 0 Å². The zero-order valence-electron chi connectivity index (χ0n) is 13.3. The van der Waals surface area contributed by atoms with Crippen molar-refractivity contribution in [2.45, 2.75) is 51.4 Å². The van der Waals surface area contributed by atoms with E-state index in [-0.39, 0.29) is 17.7 Å². The van der Waals surface area contributed by atoms with Crippen molar-refractivity contribution in [1.82, 2.24) is 0 Å². The second-order valence-corrected chi connectivity index (χ2v) is 5.82. The first-order valence-corrected chi connectivity index (χ1v) is 7.81. The van der Waals surface area contributed by atoms with Crippen molar-refractivity contribution in [2.24, 2.45) is 5.73 Å². The second kappa shape index (κ2) is 7.25. The summed E-state index contributed by atoms with van der Waals surface area (Å²) in [6.45, 7) is 8.15. The molecule has 118 valence electrons. The number of ether oxygens (including phenoxy) is 3. The Bertz CT molecular complexity index is 419. The van der Waals surface area contributed by atoms with Crippen molar-refractivity contribution < 1.29 is 14.2 Å². The molecule has 4 nitrogen and oxygen atoms in total. The van der Waals surface area contributed by atoms with Crippen LogP contribution in [0.4, 0.5) is 0 Å². The fourth-order valence-electron chi connectivity index (χ4n) is 2.88. The van der Waals surface area contributed by atoms with Crippen LogP contribution in [0.25, 0.3) is 0 Å². The van der Waals surface area contributed by atoms with Gasteiger partial charge in [0, 0.05) is 32.7 Å². The zero-order valence-corrected chi connectivity index (χ0v) is 13.3. The van der Waals surface area contributed by atoms with Gasteiger partial charge in [-0.05, 0) is 38.5 Å².